The van der Waals surface area contributed by atoms with Gasteiger partial charge in [-0.05, 0) is 31.4 Å². The number of carbonyl (C=O) groups is 2. The summed E-state index contributed by atoms with van der Waals surface area (Å²) in [6.45, 7) is 5.51. The van der Waals surface area contributed by atoms with Gasteiger partial charge in [0.2, 0.25) is 5.58 Å². The van der Waals surface area contributed by atoms with E-state index in [1.165, 1.54) is 6.33 Å². The van der Waals surface area contributed by atoms with Gasteiger partial charge in [-0.15, -0.1) is 0 Å². The molecule has 8 nitrogen and oxygen atoms in total. The molecule has 0 spiro atoms. The molecule has 0 radical (unpaired) electrons. The van der Waals surface area contributed by atoms with E-state index in [1.54, 1.807) is 12.1 Å². The number of amides is 1. The second-order valence-electron chi connectivity index (χ2n) is 7.91. The van der Waals surface area contributed by atoms with Crippen LogP contribution in [0.25, 0.3) is 22.1 Å². The highest BCUT2D eigenvalue weighted by atomic mass is 16.5. The summed E-state index contributed by atoms with van der Waals surface area (Å²) in [6, 6.07) is 7.21. The minimum atomic E-state index is -0.697. The van der Waals surface area contributed by atoms with Crippen LogP contribution in [0.4, 0.5) is 0 Å². The first-order valence-corrected chi connectivity index (χ1v) is 10.2. The third-order valence-electron chi connectivity index (χ3n) is 4.84. The lowest BCUT2D eigenvalue weighted by Gasteiger charge is -2.14. The molecule has 1 amide bonds. The van der Waals surface area contributed by atoms with E-state index in [4.69, 9.17) is 9.15 Å². The molecule has 30 heavy (non-hydrogen) atoms. The highest BCUT2D eigenvalue weighted by Crippen LogP contribution is 2.23. The molecular weight excluding hydrogens is 386 g/mol. The summed E-state index contributed by atoms with van der Waals surface area (Å²) in [5.74, 6) is -0.430. The van der Waals surface area contributed by atoms with Gasteiger partial charge in [0.25, 0.3) is 11.5 Å². The van der Waals surface area contributed by atoms with E-state index in [1.807, 2.05) is 19.1 Å². The molecule has 160 valence electrons. The number of ether oxygens (including phenoxy) is 1. The fourth-order valence-corrected chi connectivity index (χ4v) is 3.28. The molecule has 1 N–H and O–H groups in total. The Kier molecular flexibility index (Phi) is 6.87. The number of hydrogen-bond donors (Lipinski definition) is 1. The zero-order chi connectivity index (χ0) is 21.7. The number of para-hydroxylation sites is 1. The number of rotatable bonds is 9. The first-order valence-electron chi connectivity index (χ1n) is 10.2. The molecule has 0 saturated heterocycles. The maximum atomic E-state index is 12.6. The van der Waals surface area contributed by atoms with Crippen LogP contribution < -0.4 is 10.9 Å². The van der Waals surface area contributed by atoms with Gasteiger partial charge in [-0.1, -0.05) is 38.8 Å². The highest BCUT2D eigenvalue weighted by Gasteiger charge is 2.16. The number of furan rings is 1. The van der Waals surface area contributed by atoms with Crippen molar-refractivity contribution in [3.63, 3.8) is 0 Å². The Morgan fingerprint density at radius 1 is 1.20 bits per heavy atom. The fourth-order valence-electron chi connectivity index (χ4n) is 3.28. The van der Waals surface area contributed by atoms with Gasteiger partial charge in [-0.2, -0.15) is 0 Å². The molecule has 0 aliphatic carbocycles. The molecule has 0 fully saturated rings. The van der Waals surface area contributed by atoms with Gasteiger partial charge in [-0.25, -0.2) is 4.98 Å². The van der Waals surface area contributed by atoms with Crippen LogP contribution in [0.3, 0.4) is 0 Å². The van der Waals surface area contributed by atoms with Crippen LogP contribution in [-0.2, 0) is 20.9 Å². The van der Waals surface area contributed by atoms with Crippen molar-refractivity contribution in [2.75, 3.05) is 6.61 Å². The lowest BCUT2D eigenvalue weighted by molar-refractivity contribution is -0.149. The molecule has 0 unspecified atom stereocenters. The van der Waals surface area contributed by atoms with Gasteiger partial charge in [0, 0.05) is 11.4 Å². The molecule has 2 aromatic heterocycles. The van der Waals surface area contributed by atoms with Gasteiger partial charge in [0.15, 0.2) is 6.61 Å². The van der Waals surface area contributed by atoms with E-state index in [2.05, 4.69) is 24.1 Å². The van der Waals surface area contributed by atoms with Crippen LogP contribution in [-0.4, -0.2) is 34.1 Å². The van der Waals surface area contributed by atoms with E-state index >= 15 is 0 Å². The first-order chi connectivity index (χ1) is 14.3. The SMILES string of the molecule is CC(C)CCC[C@@H](C)NC(=O)COC(=O)Cn1cnc2c(oc3ccccc32)c1=O. The summed E-state index contributed by atoms with van der Waals surface area (Å²) in [6.07, 6.45) is 4.29. The van der Waals surface area contributed by atoms with Gasteiger partial charge in [0.1, 0.15) is 17.6 Å². The smallest absolute Gasteiger partial charge is 0.326 e. The molecular formula is C22H27N3O5. The van der Waals surface area contributed by atoms with Crippen LogP contribution in [0.2, 0.25) is 0 Å². The van der Waals surface area contributed by atoms with Crippen molar-refractivity contribution in [3.05, 3.63) is 40.9 Å². The Bertz CT molecular complexity index is 1100. The number of benzene rings is 1. The second-order valence-corrected chi connectivity index (χ2v) is 7.91. The number of esters is 1. The van der Waals surface area contributed by atoms with Crippen molar-refractivity contribution in [2.24, 2.45) is 5.92 Å². The van der Waals surface area contributed by atoms with Crippen molar-refractivity contribution in [2.45, 2.75) is 52.6 Å². The van der Waals surface area contributed by atoms with Crippen molar-refractivity contribution in [3.8, 4) is 0 Å². The minimum absolute atomic E-state index is 0.0114. The van der Waals surface area contributed by atoms with Crippen LogP contribution in [0, 0.1) is 5.92 Å². The van der Waals surface area contributed by atoms with Crippen molar-refractivity contribution in [1.82, 2.24) is 14.9 Å². The first kappa shape index (κ1) is 21.5. The van der Waals surface area contributed by atoms with E-state index in [9.17, 15) is 14.4 Å². The summed E-state index contributed by atoms with van der Waals surface area (Å²) < 4.78 is 11.7. The molecule has 3 aromatic rings. The summed E-state index contributed by atoms with van der Waals surface area (Å²) in [5, 5.41) is 3.55. The third-order valence-corrected chi connectivity index (χ3v) is 4.84. The molecule has 8 heteroatoms. The minimum Gasteiger partial charge on any atom is -0.454 e. The summed E-state index contributed by atoms with van der Waals surface area (Å²) in [7, 11) is 0. The van der Waals surface area contributed by atoms with Gasteiger partial charge >= 0.3 is 5.97 Å². The molecule has 2 heterocycles. The van der Waals surface area contributed by atoms with Crippen LogP contribution in [0.15, 0.2) is 39.8 Å². The molecule has 1 atom stereocenters. The quantitative estimate of drug-likeness (QED) is 0.541. The van der Waals surface area contributed by atoms with Gasteiger partial charge in [0.05, 0.1) is 6.33 Å². The Morgan fingerprint density at radius 3 is 2.73 bits per heavy atom. The van der Waals surface area contributed by atoms with Crippen molar-refractivity contribution >= 4 is 33.9 Å². The Morgan fingerprint density at radius 2 is 1.97 bits per heavy atom. The van der Waals surface area contributed by atoms with E-state index in [-0.39, 0.29) is 30.7 Å². The van der Waals surface area contributed by atoms with Gasteiger partial charge < -0.3 is 14.5 Å². The largest absolute Gasteiger partial charge is 0.454 e. The van der Waals surface area contributed by atoms with E-state index in [0.29, 0.717) is 17.0 Å². The maximum Gasteiger partial charge on any atom is 0.326 e. The molecule has 1 aromatic carbocycles. The number of carbonyl (C=O) groups excluding carboxylic acids is 2. The van der Waals surface area contributed by atoms with Crippen LogP contribution in [0.5, 0.6) is 0 Å². The standard InChI is InChI=1S/C22H27N3O5/c1-14(2)7-6-8-15(3)24-18(26)12-29-19(27)11-25-13-23-20-16-9-4-5-10-17(16)30-21(20)22(25)28/h4-5,9-10,13-15H,6-8,11-12H2,1-3H3,(H,24,26)/t15-/m1/s1. The molecule has 0 bridgehead atoms. The summed E-state index contributed by atoms with van der Waals surface area (Å²) >= 11 is 0. The molecule has 0 aliphatic rings. The lowest BCUT2D eigenvalue weighted by Crippen LogP contribution is -2.36. The molecule has 3 rings (SSSR count). The van der Waals surface area contributed by atoms with Crippen LogP contribution in [0.1, 0.15) is 40.0 Å². The Hall–Kier alpha value is -3.16. The predicted octanol–water partition coefficient (Wildman–Crippen LogP) is 3.02. The Balaban J connectivity index is 1.54. The number of hydrogen-bond acceptors (Lipinski definition) is 6. The number of nitrogens with zero attached hydrogens (tertiary/aromatic N) is 2. The van der Waals surface area contributed by atoms with Crippen molar-refractivity contribution < 1.29 is 18.7 Å². The van der Waals surface area contributed by atoms with E-state index in [0.717, 1.165) is 29.2 Å². The average Bonchev–Trinajstić information content (AvgIpc) is 3.08. The zero-order valence-electron chi connectivity index (χ0n) is 17.5. The predicted molar refractivity (Wildman–Crippen MR) is 113 cm³/mol. The van der Waals surface area contributed by atoms with Crippen molar-refractivity contribution in [1.29, 1.82) is 0 Å². The molecule has 0 aliphatic heterocycles. The molecule has 0 saturated carbocycles. The normalized spacial score (nSPS) is 12.4. The van der Waals surface area contributed by atoms with Gasteiger partial charge in [-0.3, -0.25) is 19.0 Å². The zero-order valence-corrected chi connectivity index (χ0v) is 17.5. The maximum absolute atomic E-state index is 12.6. The number of fused-ring (bicyclic) bond motifs is 3. The Labute approximate surface area is 174 Å². The second kappa shape index (κ2) is 9.56. The van der Waals surface area contributed by atoms with Crippen LogP contribution >= 0.6 is 0 Å². The highest BCUT2D eigenvalue weighted by molar-refractivity contribution is 6.01. The van der Waals surface area contributed by atoms with E-state index < -0.39 is 11.5 Å². The summed E-state index contributed by atoms with van der Waals surface area (Å²) in [4.78, 5) is 40.9. The monoisotopic (exact) mass is 413 g/mol. The summed E-state index contributed by atoms with van der Waals surface area (Å²) in [5.41, 5.74) is 0.610. The average molecular weight is 413 g/mol. The fraction of sp³-hybridized carbons (Fsp3) is 0.455. The number of nitrogens with one attached hydrogen (secondary N) is 1. The topological polar surface area (TPSA) is 103 Å². The third kappa shape index (κ3) is 5.25. The lowest BCUT2D eigenvalue weighted by atomic mass is 10.0. The number of aromatic nitrogens is 2.